The maximum atomic E-state index is 12.9. The van der Waals surface area contributed by atoms with E-state index in [1.165, 1.54) is 7.11 Å². The van der Waals surface area contributed by atoms with Crippen molar-refractivity contribution in [3.63, 3.8) is 0 Å². The number of hydrogen-bond acceptors (Lipinski definition) is 5. The fourth-order valence-corrected chi connectivity index (χ4v) is 3.13. The third kappa shape index (κ3) is 3.30. The number of nitrogens with zero attached hydrogens (tertiary/aromatic N) is 1. The molecule has 0 spiro atoms. The normalized spacial score (nSPS) is 10.8. The maximum absolute atomic E-state index is 12.9. The van der Waals surface area contributed by atoms with Crippen molar-refractivity contribution in [2.75, 3.05) is 7.11 Å². The number of pyridine rings is 1. The lowest BCUT2D eigenvalue weighted by molar-refractivity contribution is 0.0991. The minimum absolute atomic E-state index is 0.0710. The van der Waals surface area contributed by atoms with Gasteiger partial charge in [0.1, 0.15) is 0 Å². The van der Waals surface area contributed by atoms with Gasteiger partial charge in [0.15, 0.2) is 22.9 Å². The number of Topliss-reactive ketones (excluding diaryl/α,β-unsaturated/α-hetero) is 1. The van der Waals surface area contributed by atoms with Crippen LogP contribution >= 0.6 is 0 Å². The minimum Gasteiger partial charge on any atom is -0.493 e. The molecule has 0 saturated heterocycles. The second kappa shape index (κ2) is 7.48. The van der Waals surface area contributed by atoms with Crippen molar-refractivity contribution in [1.82, 2.24) is 4.98 Å². The SMILES string of the molecule is COc1ccc(C(=O)Cc2ccncc2)c2cc(C(=O)c3ccccc3)oc12. The van der Waals surface area contributed by atoms with Crippen LogP contribution in [0.2, 0.25) is 0 Å². The number of carbonyl (C=O) groups is 2. The zero-order valence-corrected chi connectivity index (χ0v) is 15.2. The second-order valence-electron chi connectivity index (χ2n) is 6.32. The predicted octanol–water partition coefficient (Wildman–Crippen LogP) is 4.49. The first-order valence-electron chi connectivity index (χ1n) is 8.80. The molecule has 0 saturated carbocycles. The highest BCUT2D eigenvalue weighted by molar-refractivity contribution is 6.13. The van der Waals surface area contributed by atoms with Gasteiger partial charge in [0, 0.05) is 35.3 Å². The van der Waals surface area contributed by atoms with Gasteiger partial charge in [-0.15, -0.1) is 0 Å². The van der Waals surface area contributed by atoms with E-state index in [0.29, 0.717) is 27.8 Å². The molecule has 0 radical (unpaired) electrons. The van der Waals surface area contributed by atoms with Crippen LogP contribution in [0.15, 0.2) is 77.5 Å². The fraction of sp³-hybridized carbons (Fsp3) is 0.0870. The summed E-state index contributed by atoms with van der Waals surface area (Å²) in [5.74, 6) is 0.330. The Morgan fingerprint density at radius 1 is 1.00 bits per heavy atom. The lowest BCUT2D eigenvalue weighted by Gasteiger charge is -2.05. The summed E-state index contributed by atoms with van der Waals surface area (Å²) in [5, 5.41) is 0.567. The summed E-state index contributed by atoms with van der Waals surface area (Å²) in [6, 6.07) is 17.5. The van der Waals surface area contributed by atoms with Crippen LogP contribution in [-0.2, 0) is 6.42 Å². The number of hydrogen-bond donors (Lipinski definition) is 0. The Kier molecular flexibility index (Phi) is 4.72. The molecule has 5 nitrogen and oxygen atoms in total. The second-order valence-corrected chi connectivity index (χ2v) is 6.32. The minimum atomic E-state index is -0.244. The number of methoxy groups -OCH3 is 1. The number of ketones is 2. The zero-order chi connectivity index (χ0) is 19.5. The van der Waals surface area contributed by atoms with Gasteiger partial charge in [0.25, 0.3) is 0 Å². The molecule has 0 N–H and O–H groups in total. The largest absolute Gasteiger partial charge is 0.493 e. The lowest BCUT2D eigenvalue weighted by atomic mass is 10.00. The smallest absolute Gasteiger partial charge is 0.228 e. The summed E-state index contributed by atoms with van der Waals surface area (Å²) >= 11 is 0. The molecule has 0 aliphatic carbocycles. The van der Waals surface area contributed by atoms with Crippen LogP contribution in [0.1, 0.15) is 32.0 Å². The number of fused-ring (bicyclic) bond motifs is 1. The third-order valence-electron chi connectivity index (χ3n) is 4.54. The first-order valence-corrected chi connectivity index (χ1v) is 8.80. The van der Waals surface area contributed by atoms with Gasteiger partial charge in [0.05, 0.1) is 7.11 Å². The third-order valence-corrected chi connectivity index (χ3v) is 4.54. The zero-order valence-electron chi connectivity index (χ0n) is 15.2. The molecule has 0 bridgehead atoms. The molecular weight excluding hydrogens is 354 g/mol. The highest BCUT2D eigenvalue weighted by atomic mass is 16.5. The fourth-order valence-electron chi connectivity index (χ4n) is 3.13. The number of aromatic nitrogens is 1. The molecule has 2 aromatic carbocycles. The van der Waals surface area contributed by atoms with Crippen LogP contribution in [0.25, 0.3) is 11.0 Å². The van der Waals surface area contributed by atoms with Crippen LogP contribution in [0.3, 0.4) is 0 Å². The molecule has 2 aromatic heterocycles. The molecular formula is C23H17NO4. The van der Waals surface area contributed by atoms with Crippen LogP contribution in [0, 0.1) is 0 Å². The lowest BCUT2D eigenvalue weighted by Crippen LogP contribution is -2.04. The van der Waals surface area contributed by atoms with E-state index >= 15 is 0 Å². The van der Waals surface area contributed by atoms with Crippen molar-refractivity contribution < 1.29 is 18.7 Å². The highest BCUT2D eigenvalue weighted by Gasteiger charge is 2.21. The van der Waals surface area contributed by atoms with Gasteiger partial charge in [-0.25, -0.2) is 0 Å². The number of carbonyl (C=O) groups excluding carboxylic acids is 2. The quantitative estimate of drug-likeness (QED) is 0.467. The van der Waals surface area contributed by atoms with Crippen molar-refractivity contribution in [3.05, 3.63) is 95.5 Å². The average molecular weight is 371 g/mol. The van der Waals surface area contributed by atoms with E-state index in [2.05, 4.69) is 4.98 Å². The van der Waals surface area contributed by atoms with Crippen LogP contribution in [0.4, 0.5) is 0 Å². The van der Waals surface area contributed by atoms with Gasteiger partial charge < -0.3 is 9.15 Å². The van der Waals surface area contributed by atoms with Crippen molar-refractivity contribution in [2.24, 2.45) is 0 Å². The molecule has 5 heteroatoms. The molecule has 28 heavy (non-hydrogen) atoms. The summed E-state index contributed by atoms with van der Waals surface area (Å²) < 4.78 is 11.2. The summed E-state index contributed by atoms with van der Waals surface area (Å²) in [6.07, 6.45) is 3.54. The Bertz CT molecular complexity index is 1150. The van der Waals surface area contributed by atoms with Gasteiger partial charge in [-0.05, 0) is 35.9 Å². The molecule has 0 amide bonds. The Labute approximate surface area is 161 Å². The average Bonchev–Trinajstić information content (AvgIpc) is 3.19. The van der Waals surface area contributed by atoms with E-state index in [1.54, 1.807) is 67.0 Å². The Morgan fingerprint density at radius 2 is 1.75 bits per heavy atom. The van der Waals surface area contributed by atoms with Crippen LogP contribution in [-0.4, -0.2) is 23.7 Å². The highest BCUT2D eigenvalue weighted by Crippen LogP contribution is 2.33. The molecule has 0 unspecified atom stereocenters. The first kappa shape index (κ1) is 17.7. The van der Waals surface area contributed by atoms with E-state index in [4.69, 9.17) is 9.15 Å². The van der Waals surface area contributed by atoms with Crippen molar-refractivity contribution >= 4 is 22.5 Å². The number of furan rings is 1. The molecule has 0 atom stereocenters. The standard InChI is InChI=1S/C23H17NO4/c1-27-20-8-7-17(19(25)13-15-9-11-24-12-10-15)18-14-21(28-23(18)20)22(26)16-5-3-2-4-6-16/h2-12,14H,13H2,1H3. The van der Waals surface area contributed by atoms with Gasteiger partial charge in [0.2, 0.25) is 5.78 Å². The maximum Gasteiger partial charge on any atom is 0.228 e. The van der Waals surface area contributed by atoms with E-state index in [-0.39, 0.29) is 23.7 Å². The summed E-state index contributed by atoms with van der Waals surface area (Å²) in [4.78, 5) is 29.6. The number of benzene rings is 2. The Balaban J connectivity index is 1.77. The van der Waals surface area contributed by atoms with Gasteiger partial charge >= 0.3 is 0 Å². The molecule has 2 heterocycles. The first-order chi connectivity index (χ1) is 13.7. The molecule has 4 aromatic rings. The molecule has 138 valence electrons. The number of rotatable bonds is 6. The van der Waals surface area contributed by atoms with E-state index in [9.17, 15) is 9.59 Å². The van der Waals surface area contributed by atoms with Gasteiger partial charge in [-0.1, -0.05) is 30.3 Å². The Morgan fingerprint density at radius 3 is 2.46 bits per heavy atom. The monoisotopic (exact) mass is 371 g/mol. The van der Waals surface area contributed by atoms with Crippen molar-refractivity contribution in [2.45, 2.75) is 6.42 Å². The van der Waals surface area contributed by atoms with Crippen molar-refractivity contribution in [3.8, 4) is 5.75 Å². The molecule has 0 aliphatic rings. The molecule has 4 rings (SSSR count). The van der Waals surface area contributed by atoms with Gasteiger partial charge in [-0.2, -0.15) is 0 Å². The van der Waals surface area contributed by atoms with Crippen LogP contribution < -0.4 is 4.74 Å². The van der Waals surface area contributed by atoms with Crippen LogP contribution in [0.5, 0.6) is 5.75 Å². The van der Waals surface area contributed by atoms with E-state index < -0.39 is 0 Å². The Hall–Kier alpha value is -3.73. The summed E-state index contributed by atoms with van der Waals surface area (Å²) in [7, 11) is 1.52. The molecule has 0 aliphatic heterocycles. The van der Waals surface area contributed by atoms with Crippen molar-refractivity contribution in [1.29, 1.82) is 0 Å². The predicted molar refractivity (Wildman–Crippen MR) is 105 cm³/mol. The van der Waals surface area contributed by atoms with E-state index in [1.807, 2.05) is 6.07 Å². The summed E-state index contributed by atoms with van der Waals surface area (Å²) in [5.41, 5.74) is 2.27. The topological polar surface area (TPSA) is 69.4 Å². The number of ether oxygens (including phenoxy) is 1. The molecule has 0 fully saturated rings. The van der Waals surface area contributed by atoms with Gasteiger partial charge in [-0.3, -0.25) is 14.6 Å². The van der Waals surface area contributed by atoms with E-state index in [0.717, 1.165) is 5.56 Å². The summed E-state index contributed by atoms with van der Waals surface area (Å²) in [6.45, 7) is 0.